The number of nitrogens with one attached hydrogen (secondary N) is 2. The van der Waals surface area contributed by atoms with E-state index < -0.39 is 0 Å². The van der Waals surface area contributed by atoms with Gasteiger partial charge >= 0.3 is 0 Å². The van der Waals surface area contributed by atoms with Crippen molar-refractivity contribution in [1.29, 1.82) is 0 Å². The number of carbonyl (C=O) groups is 1. The van der Waals surface area contributed by atoms with Crippen LogP contribution < -0.4 is 15.4 Å². The molecule has 1 fully saturated rings. The van der Waals surface area contributed by atoms with Crippen LogP contribution >= 0.6 is 12.4 Å². The summed E-state index contributed by atoms with van der Waals surface area (Å²) < 4.78 is 18.8. The number of hydrogen-bond acceptors (Lipinski definition) is 4. The van der Waals surface area contributed by atoms with Gasteiger partial charge in [0, 0.05) is 39.3 Å². The average molecular weight is 394 g/mol. The van der Waals surface area contributed by atoms with Gasteiger partial charge < -0.3 is 15.4 Å². The lowest BCUT2D eigenvalue weighted by Gasteiger charge is -2.27. The molecule has 1 aliphatic heterocycles. The second-order valence-corrected chi connectivity index (χ2v) is 6.26. The fourth-order valence-corrected chi connectivity index (χ4v) is 2.88. The third-order valence-corrected chi connectivity index (χ3v) is 4.36. The van der Waals surface area contributed by atoms with Crippen LogP contribution in [0.3, 0.4) is 0 Å². The first kappa shape index (κ1) is 21.2. The van der Waals surface area contributed by atoms with Gasteiger partial charge in [-0.2, -0.15) is 0 Å². The Kier molecular flexibility index (Phi) is 8.51. The van der Waals surface area contributed by atoms with Gasteiger partial charge in [-0.25, -0.2) is 4.39 Å². The molecule has 0 aromatic heterocycles. The fraction of sp³-hybridized carbons (Fsp3) is 0.350. The van der Waals surface area contributed by atoms with Crippen LogP contribution in [-0.4, -0.2) is 50.1 Å². The van der Waals surface area contributed by atoms with E-state index in [2.05, 4.69) is 15.5 Å². The van der Waals surface area contributed by atoms with E-state index in [-0.39, 0.29) is 30.7 Å². The summed E-state index contributed by atoms with van der Waals surface area (Å²) in [6.07, 6.45) is 0. The van der Waals surface area contributed by atoms with Crippen LogP contribution in [-0.2, 0) is 6.61 Å². The topological polar surface area (TPSA) is 53.6 Å². The van der Waals surface area contributed by atoms with Crippen LogP contribution in [0.2, 0.25) is 0 Å². The maximum absolute atomic E-state index is 13.0. The zero-order valence-electron chi connectivity index (χ0n) is 15.1. The Labute approximate surface area is 165 Å². The Morgan fingerprint density at radius 3 is 2.56 bits per heavy atom. The molecule has 146 valence electrons. The number of hydrogen-bond donors (Lipinski definition) is 2. The number of ether oxygens (including phenoxy) is 1. The fourth-order valence-electron chi connectivity index (χ4n) is 2.88. The van der Waals surface area contributed by atoms with Gasteiger partial charge in [-0.05, 0) is 29.8 Å². The van der Waals surface area contributed by atoms with Crippen molar-refractivity contribution < 1.29 is 13.9 Å². The lowest BCUT2D eigenvalue weighted by molar-refractivity contribution is 0.0942. The largest absolute Gasteiger partial charge is 0.488 e. The normalized spacial score (nSPS) is 14.3. The Morgan fingerprint density at radius 2 is 1.81 bits per heavy atom. The summed E-state index contributed by atoms with van der Waals surface area (Å²) in [6, 6.07) is 13.3. The summed E-state index contributed by atoms with van der Waals surface area (Å²) in [5.41, 5.74) is 1.36. The van der Waals surface area contributed by atoms with Crippen LogP contribution in [0.4, 0.5) is 4.39 Å². The molecule has 7 heteroatoms. The number of rotatable bonds is 7. The molecule has 0 saturated carbocycles. The molecule has 2 aromatic carbocycles. The molecule has 2 N–H and O–H groups in total. The van der Waals surface area contributed by atoms with Crippen molar-refractivity contribution in [3.05, 3.63) is 65.5 Å². The Bertz CT molecular complexity index is 721. The van der Waals surface area contributed by atoms with E-state index in [9.17, 15) is 9.18 Å². The van der Waals surface area contributed by atoms with Crippen molar-refractivity contribution in [1.82, 2.24) is 15.5 Å². The molecule has 3 rings (SSSR count). The number of amides is 1. The Hall–Kier alpha value is -2.15. The van der Waals surface area contributed by atoms with Crippen LogP contribution in [0.1, 0.15) is 15.9 Å². The Balaban J connectivity index is 0.00000261. The highest BCUT2D eigenvalue weighted by atomic mass is 35.5. The van der Waals surface area contributed by atoms with Gasteiger partial charge in [0.05, 0.1) is 5.56 Å². The molecule has 0 radical (unpaired) electrons. The number of benzene rings is 2. The van der Waals surface area contributed by atoms with E-state index in [0.717, 1.165) is 38.3 Å². The number of halogens is 2. The maximum atomic E-state index is 13.0. The number of para-hydroxylation sites is 1. The summed E-state index contributed by atoms with van der Waals surface area (Å²) in [5, 5.41) is 6.27. The maximum Gasteiger partial charge on any atom is 0.255 e. The number of nitrogens with zero attached hydrogens (tertiary/aromatic N) is 1. The molecule has 0 aliphatic carbocycles. The molecule has 1 heterocycles. The van der Waals surface area contributed by atoms with E-state index >= 15 is 0 Å². The standard InChI is InChI=1S/C20H24FN3O2.ClH/c21-17-7-5-16(6-8-17)15-26-19-4-2-1-3-18(19)20(25)23-11-14-24-12-9-22-10-13-24;/h1-8,22H,9-15H2,(H,23,25);1H. The Morgan fingerprint density at radius 1 is 1.11 bits per heavy atom. The summed E-state index contributed by atoms with van der Waals surface area (Å²) in [4.78, 5) is 14.8. The zero-order valence-corrected chi connectivity index (χ0v) is 15.9. The molecule has 1 amide bonds. The van der Waals surface area contributed by atoms with Gasteiger partial charge in [0.15, 0.2) is 0 Å². The first-order chi connectivity index (χ1) is 12.7. The minimum atomic E-state index is -0.280. The van der Waals surface area contributed by atoms with Crippen molar-refractivity contribution in [2.75, 3.05) is 39.3 Å². The highest BCUT2D eigenvalue weighted by Crippen LogP contribution is 2.19. The first-order valence-electron chi connectivity index (χ1n) is 8.90. The van der Waals surface area contributed by atoms with E-state index in [0.29, 0.717) is 17.9 Å². The second-order valence-electron chi connectivity index (χ2n) is 6.26. The summed E-state index contributed by atoms with van der Waals surface area (Å²) in [5.74, 6) is 0.101. The minimum Gasteiger partial charge on any atom is -0.488 e. The molecular weight excluding hydrogens is 369 g/mol. The molecule has 5 nitrogen and oxygen atoms in total. The minimum absolute atomic E-state index is 0. The van der Waals surface area contributed by atoms with E-state index in [1.807, 2.05) is 12.1 Å². The summed E-state index contributed by atoms with van der Waals surface area (Å²) >= 11 is 0. The monoisotopic (exact) mass is 393 g/mol. The van der Waals surface area contributed by atoms with E-state index in [1.54, 1.807) is 24.3 Å². The van der Waals surface area contributed by atoms with Crippen molar-refractivity contribution in [3.63, 3.8) is 0 Å². The van der Waals surface area contributed by atoms with Gasteiger partial charge in [0.25, 0.3) is 5.91 Å². The van der Waals surface area contributed by atoms with Crippen LogP contribution in [0.25, 0.3) is 0 Å². The predicted octanol–water partition coefficient (Wildman–Crippen LogP) is 2.46. The van der Waals surface area contributed by atoms with Gasteiger partial charge in [0.1, 0.15) is 18.2 Å². The molecule has 1 saturated heterocycles. The van der Waals surface area contributed by atoms with E-state index in [1.165, 1.54) is 12.1 Å². The molecule has 0 spiro atoms. The van der Waals surface area contributed by atoms with Crippen molar-refractivity contribution in [2.45, 2.75) is 6.61 Å². The lowest BCUT2D eigenvalue weighted by Crippen LogP contribution is -2.46. The van der Waals surface area contributed by atoms with Gasteiger partial charge in [0.2, 0.25) is 0 Å². The quantitative estimate of drug-likeness (QED) is 0.758. The molecule has 2 aromatic rings. The first-order valence-corrected chi connectivity index (χ1v) is 8.90. The van der Waals surface area contributed by atoms with Gasteiger partial charge in [-0.15, -0.1) is 12.4 Å². The molecule has 1 aliphatic rings. The average Bonchev–Trinajstić information content (AvgIpc) is 2.68. The third kappa shape index (κ3) is 6.50. The molecule has 27 heavy (non-hydrogen) atoms. The molecule has 0 unspecified atom stereocenters. The van der Waals surface area contributed by atoms with Gasteiger partial charge in [-0.3, -0.25) is 9.69 Å². The zero-order chi connectivity index (χ0) is 18.2. The van der Waals surface area contributed by atoms with Crippen molar-refractivity contribution in [3.8, 4) is 5.75 Å². The van der Waals surface area contributed by atoms with Crippen LogP contribution in [0, 0.1) is 5.82 Å². The lowest BCUT2D eigenvalue weighted by atomic mass is 10.2. The molecule has 0 atom stereocenters. The number of piperazine rings is 1. The van der Waals surface area contributed by atoms with Crippen molar-refractivity contribution in [2.24, 2.45) is 0 Å². The van der Waals surface area contributed by atoms with Gasteiger partial charge in [-0.1, -0.05) is 24.3 Å². The molecule has 0 bridgehead atoms. The van der Waals surface area contributed by atoms with Crippen LogP contribution in [0.15, 0.2) is 48.5 Å². The van der Waals surface area contributed by atoms with Crippen LogP contribution in [0.5, 0.6) is 5.75 Å². The summed E-state index contributed by atoms with van der Waals surface area (Å²) in [6.45, 7) is 5.73. The molecular formula is C20H25ClFN3O2. The third-order valence-electron chi connectivity index (χ3n) is 4.36. The number of carbonyl (C=O) groups excluding carboxylic acids is 1. The highest BCUT2D eigenvalue weighted by molar-refractivity contribution is 5.96. The smallest absolute Gasteiger partial charge is 0.255 e. The predicted molar refractivity (Wildman–Crippen MR) is 106 cm³/mol. The highest BCUT2D eigenvalue weighted by Gasteiger charge is 2.13. The summed E-state index contributed by atoms with van der Waals surface area (Å²) in [7, 11) is 0. The van der Waals surface area contributed by atoms with Crippen molar-refractivity contribution >= 4 is 18.3 Å². The SMILES string of the molecule is Cl.O=C(NCCN1CCNCC1)c1ccccc1OCc1ccc(F)cc1. The second kappa shape index (κ2) is 10.9. The van der Waals surface area contributed by atoms with E-state index in [4.69, 9.17) is 4.74 Å².